The Hall–Kier alpha value is -0.950. The van der Waals surface area contributed by atoms with Crippen molar-refractivity contribution < 1.29 is 8.42 Å². The molecule has 112 valence electrons. The van der Waals surface area contributed by atoms with Gasteiger partial charge in [0, 0.05) is 25.7 Å². The molecule has 1 aromatic carbocycles. The highest BCUT2D eigenvalue weighted by Gasteiger charge is 2.20. The third kappa shape index (κ3) is 4.86. The number of likely N-dealkylation sites (N-methyl/N-ethyl adjacent to an activating group) is 1. The topological polar surface area (TPSA) is 61.4 Å². The van der Waals surface area contributed by atoms with Gasteiger partial charge in [-0.1, -0.05) is 12.1 Å². The maximum Gasteiger partial charge on any atom is 0.240 e. The van der Waals surface area contributed by atoms with Crippen LogP contribution in [0.3, 0.4) is 0 Å². The Labute approximate surface area is 121 Å². The van der Waals surface area contributed by atoms with Crippen LogP contribution in [0.4, 0.5) is 0 Å². The van der Waals surface area contributed by atoms with Gasteiger partial charge in [0.2, 0.25) is 10.0 Å². The zero-order valence-electron chi connectivity index (χ0n) is 12.1. The quantitative estimate of drug-likeness (QED) is 0.744. The minimum Gasteiger partial charge on any atom is -0.310 e. The second kappa shape index (κ2) is 6.67. The second-order valence-electron chi connectivity index (χ2n) is 5.50. The van der Waals surface area contributed by atoms with Crippen LogP contribution in [0, 0.1) is 0 Å². The van der Waals surface area contributed by atoms with Gasteiger partial charge in [0.1, 0.15) is 0 Å². The fraction of sp³-hybridized carbons (Fsp3) is 0.571. The first-order valence-corrected chi connectivity index (χ1v) is 8.42. The predicted molar refractivity (Wildman–Crippen MR) is 80.0 cm³/mol. The van der Waals surface area contributed by atoms with Crippen molar-refractivity contribution in [2.24, 2.45) is 0 Å². The maximum absolute atomic E-state index is 12.1. The molecule has 0 bridgehead atoms. The number of hydrogen-bond donors (Lipinski definition) is 2. The zero-order chi connectivity index (χ0) is 14.6. The Balaban J connectivity index is 1.89. The van der Waals surface area contributed by atoms with Crippen LogP contribution >= 0.6 is 0 Å². The Morgan fingerprint density at radius 1 is 1.20 bits per heavy atom. The summed E-state index contributed by atoms with van der Waals surface area (Å²) >= 11 is 0. The molecule has 0 aliphatic heterocycles. The predicted octanol–water partition coefficient (Wildman–Crippen LogP) is 0.779. The molecule has 0 amide bonds. The molecule has 1 aliphatic carbocycles. The summed E-state index contributed by atoms with van der Waals surface area (Å²) in [5, 5.41) is 3.41. The average Bonchev–Trinajstić information content (AvgIpc) is 3.20. The third-order valence-electron chi connectivity index (χ3n) is 3.26. The second-order valence-corrected chi connectivity index (χ2v) is 7.27. The Morgan fingerprint density at radius 3 is 2.40 bits per heavy atom. The fourth-order valence-corrected chi connectivity index (χ4v) is 2.84. The standard InChI is InChI=1S/C14H23N3O2S/c1-17(2)10-9-16-20(18,19)14-7-3-12(4-8-14)11-15-13-5-6-13/h3-4,7-8,13,15-16H,5-6,9-11H2,1-2H3. The first-order valence-electron chi connectivity index (χ1n) is 6.94. The van der Waals surface area contributed by atoms with Crippen molar-refractivity contribution in [2.75, 3.05) is 27.2 Å². The van der Waals surface area contributed by atoms with Crippen molar-refractivity contribution >= 4 is 10.0 Å². The highest BCUT2D eigenvalue weighted by Crippen LogP contribution is 2.19. The van der Waals surface area contributed by atoms with Gasteiger partial charge in [0.15, 0.2) is 0 Å². The van der Waals surface area contributed by atoms with Crippen molar-refractivity contribution in [3.05, 3.63) is 29.8 Å². The van der Waals surface area contributed by atoms with Gasteiger partial charge >= 0.3 is 0 Å². The summed E-state index contributed by atoms with van der Waals surface area (Å²) < 4.78 is 26.7. The van der Waals surface area contributed by atoms with E-state index in [1.165, 1.54) is 12.8 Å². The molecule has 1 saturated carbocycles. The van der Waals surface area contributed by atoms with E-state index in [1.807, 2.05) is 31.1 Å². The van der Waals surface area contributed by atoms with Crippen LogP contribution < -0.4 is 10.0 Å². The Kier molecular flexibility index (Phi) is 5.15. The molecular formula is C14H23N3O2S. The van der Waals surface area contributed by atoms with Crippen molar-refractivity contribution in [3.8, 4) is 0 Å². The molecule has 0 saturated heterocycles. The molecule has 0 aromatic heterocycles. The summed E-state index contributed by atoms with van der Waals surface area (Å²) in [6.07, 6.45) is 2.50. The van der Waals surface area contributed by atoms with Gasteiger partial charge < -0.3 is 10.2 Å². The van der Waals surface area contributed by atoms with E-state index in [4.69, 9.17) is 0 Å². The molecule has 0 heterocycles. The van der Waals surface area contributed by atoms with Gasteiger partial charge in [-0.2, -0.15) is 0 Å². The number of rotatable bonds is 8. The molecule has 20 heavy (non-hydrogen) atoms. The lowest BCUT2D eigenvalue weighted by Crippen LogP contribution is -2.31. The molecule has 0 atom stereocenters. The molecule has 2 rings (SSSR count). The first-order chi connectivity index (χ1) is 9.47. The average molecular weight is 297 g/mol. The van der Waals surface area contributed by atoms with E-state index in [0.29, 0.717) is 24.0 Å². The first kappa shape index (κ1) is 15.4. The van der Waals surface area contributed by atoms with Crippen LogP contribution in [0.1, 0.15) is 18.4 Å². The normalized spacial score (nSPS) is 15.8. The molecule has 0 unspecified atom stereocenters. The van der Waals surface area contributed by atoms with Crippen molar-refractivity contribution in [3.63, 3.8) is 0 Å². The highest BCUT2D eigenvalue weighted by molar-refractivity contribution is 7.89. The number of benzene rings is 1. The molecule has 1 aromatic rings. The number of nitrogens with zero attached hydrogens (tertiary/aromatic N) is 1. The third-order valence-corrected chi connectivity index (χ3v) is 4.73. The van der Waals surface area contributed by atoms with Gasteiger partial charge in [-0.05, 0) is 44.6 Å². The lowest BCUT2D eigenvalue weighted by molar-refractivity contribution is 0.412. The van der Waals surface area contributed by atoms with Gasteiger partial charge in [0.05, 0.1) is 4.90 Å². The van der Waals surface area contributed by atoms with Gasteiger partial charge in [-0.25, -0.2) is 13.1 Å². The van der Waals surface area contributed by atoms with Crippen LogP contribution in [-0.4, -0.2) is 46.5 Å². The molecule has 1 fully saturated rings. The van der Waals surface area contributed by atoms with Gasteiger partial charge in [-0.3, -0.25) is 0 Å². The molecule has 2 N–H and O–H groups in total. The summed E-state index contributed by atoms with van der Waals surface area (Å²) in [6.45, 7) is 1.90. The summed E-state index contributed by atoms with van der Waals surface area (Å²) in [5.41, 5.74) is 1.11. The Bertz CT molecular complexity index is 522. The van der Waals surface area contributed by atoms with Crippen LogP contribution in [0.2, 0.25) is 0 Å². The number of sulfonamides is 1. The minimum absolute atomic E-state index is 0.325. The maximum atomic E-state index is 12.1. The monoisotopic (exact) mass is 297 g/mol. The van der Waals surface area contributed by atoms with E-state index in [0.717, 1.165) is 12.1 Å². The van der Waals surface area contributed by atoms with E-state index < -0.39 is 10.0 Å². The van der Waals surface area contributed by atoms with Crippen LogP contribution in [0.5, 0.6) is 0 Å². The van der Waals surface area contributed by atoms with Crippen LogP contribution in [-0.2, 0) is 16.6 Å². The SMILES string of the molecule is CN(C)CCNS(=O)(=O)c1ccc(CNC2CC2)cc1. The van der Waals surface area contributed by atoms with Crippen LogP contribution in [0.25, 0.3) is 0 Å². The zero-order valence-corrected chi connectivity index (χ0v) is 12.9. The van der Waals surface area contributed by atoms with Crippen molar-refractivity contribution in [1.82, 2.24) is 14.9 Å². The van der Waals surface area contributed by atoms with E-state index >= 15 is 0 Å². The lowest BCUT2D eigenvalue weighted by atomic mass is 10.2. The highest BCUT2D eigenvalue weighted by atomic mass is 32.2. The Morgan fingerprint density at radius 2 is 1.85 bits per heavy atom. The fourth-order valence-electron chi connectivity index (χ4n) is 1.82. The van der Waals surface area contributed by atoms with Crippen LogP contribution in [0.15, 0.2) is 29.2 Å². The smallest absolute Gasteiger partial charge is 0.240 e. The van der Waals surface area contributed by atoms with E-state index in [1.54, 1.807) is 12.1 Å². The number of hydrogen-bond acceptors (Lipinski definition) is 4. The molecule has 6 heteroatoms. The molecule has 5 nitrogen and oxygen atoms in total. The molecule has 0 spiro atoms. The number of nitrogens with one attached hydrogen (secondary N) is 2. The lowest BCUT2D eigenvalue weighted by Gasteiger charge is -2.11. The largest absolute Gasteiger partial charge is 0.310 e. The molecule has 0 radical (unpaired) electrons. The molecular weight excluding hydrogens is 274 g/mol. The summed E-state index contributed by atoms with van der Waals surface area (Å²) in [4.78, 5) is 2.27. The van der Waals surface area contributed by atoms with Gasteiger partial charge in [-0.15, -0.1) is 0 Å². The molecule has 1 aliphatic rings. The van der Waals surface area contributed by atoms with Crippen molar-refractivity contribution in [2.45, 2.75) is 30.3 Å². The summed E-state index contributed by atoms with van der Waals surface area (Å²) in [6, 6.07) is 7.74. The van der Waals surface area contributed by atoms with E-state index in [2.05, 4.69) is 10.0 Å². The minimum atomic E-state index is -3.39. The summed E-state index contributed by atoms with van der Waals surface area (Å²) in [7, 11) is 0.437. The van der Waals surface area contributed by atoms with Crippen molar-refractivity contribution in [1.29, 1.82) is 0 Å². The van der Waals surface area contributed by atoms with E-state index in [9.17, 15) is 8.42 Å². The van der Waals surface area contributed by atoms with E-state index in [-0.39, 0.29) is 0 Å². The summed E-state index contributed by atoms with van der Waals surface area (Å²) in [5.74, 6) is 0. The van der Waals surface area contributed by atoms with Gasteiger partial charge in [0.25, 0.3) is 0 Å².